The minimum atomic E-state index is -0.663. The van der Waals surface area contributed by atoms with Crippen molar-refractivity contribution in [3.8, 4) is 0 Å². The summed E-state index contributed by atoms with van der Waals surface area (Å²) >= 11 is 0. The number of hydrogen-bond donors (Lipinski definition) is 1. The summed E-state index contributed by atoms with van der Waals surface area (Å²) in [4.78, 5) is 12.2. The zero-order valence-corrected chi connectivity index (χ0v) is 11.7. The summed E-state index contributed by atoms with van der Waals surface area (Å²) in [7, 11) is 0. The Morgan fingerprint density at radius 2 is 2.17 bits per heavy atom. The van der Waals surface area contributed by atoms with E-state index >= 15 is 0 Å². The van der Waals surface area contributed by atoms with Gasteiger partial charge in [0.15, 0.2) is 0 Å². The number of aliphatic hydroxyl groups is 1. The van der Waals surface area contributed by atoms with Crippen LogP contribution in [0, 0.1) is 5.41 Å². The van der Waals surface area contributed by atoms with Crippen LogP contribution in [0.1, 0.15) is 59.3 Å². The highest BCUT2D eigenvalue weighted by Gasteiger charge is 2.48. The summed E-state index contributed by atoms with van der Waals surface area (Å²) in [5.74, 6) is -0.152. The van der Waals surface area contributed by atoms with Crippen LogP contribution in [0.2, 0.25) is 0 Å². The van der Waals surface area contributed by atoms with E-state index in [-0.39, 0.29) is 5.97 Å². The topological polar surface area (TPSA) is 46.5 Å². The van der Waals surface area contributed by atoms with Gasteiger partial charge in [-0.3, -0.25) is 4.79 Å². The van der Waals surface area contributed by atoms with Crippen molar-refractivity contribution in [1.29, 1.82) is 0 Å². The number of fused-ring (bicyclic) bond motifs is 2. The molecule has 2 rings (SSSR count). The molecule has 0 radical (unpaired) electrons. The normalized spacial score (nSPS) is 35.3. The van der Waals surface area contributed by atoms with Crippen LogP contribution in [0.5, 0.6) is 0 Å². The summed E-state index contributed by atoms with van der Waals surface area (Å²) in [6, 6.07) is 0. The van der Waals surface area contributed by atoms with Gasteiger partial charge in [0.25, 0.3) is 0 Å². The molecule has 0 aromatic heterocycles. The Morgan fingerprint density at radius 3 is 2.83 bits per heavy atom. The Labute approximate surface area is 109 Å². The second-order valence-corrected chi connectivity index (χ2v) is 6.55. The first-order valence-electron chi connectivity index (χ1n) is 6.94. The summed E-state index contributed by atoms with van der Waals surface area (Å²) < 4.78 is 5.78. The lowest BCUT2D eigenvalue weighted by molar-refractivity contribution is -0.177. The van der Waals surface area contributed by atoms with Gasteiger partial charge in [-0.1, -0.05) is 13.0 Å². The quantitative estimate of drug-likeness (QED) is 0.620. The Balaban J connectivity index is 2.15. The van der Waals surface area contributed by atoms with E-state index < -0.39 is 16.6 Å². The third-order valence-electron chi connectivity index (χ3n) is 4.52. The molecule has 2 aliphatic rings. The maximum atomic E-state index is 12.2. The number of carbonyl (C=O) groups excluding carboxylic acids is 1. The molecule has 0 aliphatic heterocycles. The van der Waals surface area contributed by atoms with Crippen molar-refractivity contribution in [3.63, 3.8) is 0 Å². The van der Waals surface area contributed by atoms with E-state index in [4.69, 9.17) is 4.74 Å². The van der Waals surface area contributed by atoms with Gasteiger partial charge >= 0.3 is 5.97 Å². The molecule has 2 aliphatic carbocycles. The first-order valence-corrected chi connectivity index (χ1v) is 6.94. The summed E-state index contributed by atoms with van der Waals surface area (Å²) in [5, 5.41) is 10.4. The third-order valence-corrected chi connectivity index (χ3v) is 4.52. The lowest BCUT2D eigenvalue weighted by Crippen LogP contribution is -2.50. The first-order chi connectivity index (χ1) is 8.31. The van der Waals surface area contributed by atoms with E-state index in [1.54, 1.807) is 0 Å². The number of esters is 1. The molecule has 0 aromatic rings. The van der Waals surface area contributed by atoms with Gasteiger partial charge in [0.2, 0.25) is 0 Å². The second kappa shape index (κ2) is 4.37. The predicted molar refractivity (Wildman–Crippen MR) is 70.1 cm³/mol. The van der Waals surface area contributed by atoms with Crippen molar-refractivity contribution in [3.05, 3.63) is 12.2 Å². The molecular weight excluding hydrogens is 228 g/mol. The maximum Gasteiger partial charge on any atom is 0.312 e. The van der Waals surface area contributed by atoms with E-state index in [2.05, 4.69) is 0 Å². The molecule has 0 amide bonds. The monoisotopic (exact) mass is 252 g/mol. The molecule has 3 heteroatoms. The third kappa shape index (κ3) is 2.46. The predicted octanol–water partition coefficient (Wildman–Crippen LogP) is 2.97. The van der Waals surface area contributed by atoms with E-state index in [1.165, 1.54) is 0 Å². The average molecular weight is 252 g/mol. The van der Waals surface area contributed by atoms with Gasteiger partial charge in [-0.05, 0) is 52.0 Å². The molecule has 0 saturated heterocycles. The van der Waals surface area contributed by atoms with Crippen LogP contribution in [-0.2, 0) is 9.53 Å². The van der Waals surface area contributed by atoms with E-state index in [0.717, 1.165) is 25.7 Å². The van der Waals surface area contributed by atoms with Crippen molar-refractivity contribution in [2.24, 2.45) is 5.41 Å². The van der Waals surface area contributed by atoms with Gasteiger partial charge in [-0.25, -0.2) is 0 Å². The fraction of sp³-hybridized carbons (Fsp3) is 0.800. The number of hydrogen-bond acceptors (Lipinski definition) is 3. The van der Waals surface area contributed by atoms with Crippen molar-refractivity contribution >= 4 is 5.97 Å². The van der Waals surface area contributed by atoms with E-state index in [9.17, 15) is 9.90 Å². The van der Waals surface area contributed by atoms with Crippen molar-refractivity contribution in [2.45, 2.75) is 70.5 Å². The molecule has 102 valence electrons. The van der Waals surface area contributed by atoms with E-state index in [0.29, 0.717) is 12.8 Å². The summed E-state index contributed by atoms with van der Waals surface area (Å²) in [6.07, 6.45) is 8.52. The van der Waals surface area contributed by atoms with Gasteiger partial charge in [0, 0.05) is 6.42 Å². The molecule has 18 heavy (non-hydrogen) atoms. The number of rotatable bonds is 3. The fourth-order valence-electron chi connectivity index (χ4n) is 2.85. The van der Waals surface area contributed by atoms with Gasteiger partial charge in [0.05, 0.1) is 11.0 Å². The Kier molecular flexibility index (Phi) is 3.30. The highest BCUT2D eigenvalue weighted by atomic mass is 16.6. The molecule has 0 heterocycles. The highest BCUT2D eigenvalue weighted by molar-refractivity contribution is 5.76. The van der Waals surface area contributed by atoms with Gasteiger partial charge in [-0.2, -0.15) is 0 Å². The van der Waals surface area contributed by atoms with Crippen LogP contribution >= 0.6 is 0 Å². The number of ether oxygens (including phenoxy) is 1. The Bertz CT molecular complexity index is 372. The summed E-state index contributed by atoms with van der Waals surface area (Å²) in [5.41, 5.74) is -1.67. The fourth-order valence-corrected chi connectivity index (χ4v) is 2.85. The average Bonchev–Trinajstić information content (AvgIpc) is 2.27. The molecule has 2 atom stereocenters. The largest absolute Gasteiger partial charge is 0.454 e. The van der Waals surface area contributed by atoms with Crippen molar-refractivity contribution in [1.82, 2.24) is 0 Å². The lowest BCUT2D eigenvalue weighted by Gasteiger charge is -2.46. The molecule has 1 fully saturated rings. The van der Waals surface area contributed by atoms with Crippen molar-refractivity contribution < 1.29 is 14.6 Å². The zero-order valence-electron chi connectivity index (χ0n) is 11.7. The van der Waals surface area contributed by atoms with Crippen LogP contribution < -0.4 is 0 Å². The molecule has 2 unspecified atom stereocenters. The number of carbonyl (C=O) groups is 1. The Hall–Kier alpha value is -0.830. The van der Waals surface area contributed by atoms with Crippen LogP contribution in [0.15, 0.2) is 12.2 Å². The molecule has 1 saturated carbocycles. The molecule has 0 aromatic carbocycles. The first kappa shape index (κ1) is 13.6. The van der Waals surface area contributed by atoms with Gasteiger partial charge < -0.3 is 9.84 Å². The smallest absolute Gasteiger partial charge is 0.312 e. The minimum Gasteiger partial charge on any atom is -0.454 e. The van der Waals surface area contributed by atoms with Crippen molar-refractivity contribution in [2.75, 3.05) is 0 Å². The summed E-state index contributed by atoms with van der Waals surface area (Å²) in [6.45, 7) is 5.81. The minimum absolute atomic E-state index is 0.152. The maximum absolute atomic E-state index is 12.2. The molecule has 2 bridgehead atoms. The lowest BCUT2D eigenvalue weighted by atomic mass is 9.70. The van der Waals surface area contributed by atoms with Crippen LogP contribution in [0.25, 0.3) is 0 Å². The Morgan fingerprint density at radius 1 is 1.44 bits per heavy atom. The zero-order chi connectivity index (χ0) is 13.4. The molecule has 1 N–H and O–H groups in total. The highest BCUT2D eigenvalue weighted by Crippen LogP contribution is 2.45. The van der Waals surface area contributed by atoms with Gasteiger partial charge in [0.1, 0.15) is 5.60 Å². The van der Waals surface area contributed by atoms with Crippen LogP contribution in [0.3, 0.4) is 0 Å². The molecule has 0 spiro atoms. The van der Waals surface area contributed by atoms with Gasteiger partial charge in [-0.15, -0.1) is 0 Å². The van der Waals surface area contributed by atoms with Crippen LogP contribution in [0.4, 0.5) is 0 Å². The van der Waals surface area contributed by atoms with Crippen LogP contribution in [-0.4, -0.2) is 22.3 Å². The molecular formula is C15H24O3. The standard InChI is InChI=1S/C15H24O3/c1-4-13(2,3)12(16)18-15-9-5-7-14(17,11-15)8-6-10-15/h5,9,17H,4,6-8,10-11H2,1-3H3. The molecule has 3 nitrogen and oxygen atoms in total. The second-order valence-electron chi connectivity index (χ2n) is 6.55. The SMILES string of the molecule is CCC(C)(C)C(=O)OC12C=CCC(O)(CCC1)C2. The van der Waals surface area contributed by atoms with E-state index in [1.807, 2.05) is 32.9 Å².